The molecule has 0 bridgehead atoms. The van der Waals surface area contributed by atoms with Gasteiger partial charge in [-0.15, -0.1) is 11.3 Å². The standard InChI is InChI=1S/C24H21N3O3S/c1-16-7-12-20-21(13-16)31-24(27-20)17-8-10-18(11-9-17)26-22(28)14-25-23(29)15-30-19-5-3-2-4-6-19/h2-13H,14-15H2,1H3,(H,25,29)(H,26,28). The van der Waals surface area contributed by atoms with E-state index >= 15 is 0 Å². The zero-order valence-corrected chi connectivity index (χ0v) is 17.7. The number of ether oxygens (including phenoxy) is 1. The Balaban J connectivity index is 1.28. The molecule has 6 nitrogen and oxygen atoms in total. The lowest BCUT2D eigenvalue weighted by atomic mass is 10.2. The molecule has 4 rings (SSSR count). The Hall–Kier alpha value is -3.71. The second-order valence-corrected chi connectivity index (χ2v) is 8.02. The highest BCUT2D eigenvalue weighted by molar-refractivity contribution is 7.21. The number of carbonyl (C=O) groups is 2. The number of thiazole rings is 1. The van der Waals surface area contributed by atoms with E-state index in [2.05, 4.69) is 34.7 Å². The van der Waals surface area contributed by atoms with Gasteiger partial charge in [0.05, 0.1) is 16.8 Å². The fourth-order valence-electron chi connectivity index (χ4n) is 2.95. The zero-order valence-electron chi connectivity index (χ0n) is 16.9. The first-order chi connectivity index (χ1) is 15.1. The van der Waals surface area contributed by atoms with Gasteiger partial charge in [-0.25, -0.2) is 4.98 Å². The van der Waals surface area contributed by atoms with Gasteiger partial charge in [0.15, 0.2) is 6.61 Å². The predicted molar refractivity (Wildman–Crippen MR) is 123 cm³/mol. The summed E-state index contributed by atoms with van der Waals surface area (Å²) in [4.78, 5) is 28.6. The summed E-state index contributed by atoms with van der Waals surface area (Å²) in [6.45, 7) is 1.79. The summed E-state index contributed by atoms with van der Waals surface area (Å²) in [6.07, 6.45) is 0. The molecule has 0 aliphatic carbocycles. The highest BCUT2D eigenvalue weighted by Crippen LogP contribution is 2.31. The number of amides is 2. The number of aryl methyl sites for hydroxylation is 1. The molecule has 0 aliphatic rings. The van der Waals surface area contributed by atoms with Crippen LogP contribution in [0, 0.1) is 6.92 Å². The molecule has 2 amide bonds. The lowest BCUT2D eigenvalue weighted by molar-refractivity contribution is -0.125. The van der Waals surface area contributed by atoms with Crippen molar-refractivity contribution in [1.29, 1.82) is 0 Å². The van der Waals surface area contributed by atoms with E-state index in [1.54, 1.807) is 23.5 Å². The number of hydrogen-bond acceptors (Lipinski definition) is 5. The number of carbonyl (C=O) groups excluding carboxylic acids is 2. The first kappa shape index (κ1) is 20.6. The molecule has 0 fully saturated rings. The minimum atomic E-state index is -0.361. The van der Waals surface area contributed by atoms with Crippen LogP contribution >= 0.6 is 11.3 Å². The van der Waals surface area contributed by atoms with E-state index in [4.69, 9.17) is 4.74 Å². The van der Waals surface area contributed by atoms with Gasteiger partial charge in [0.2, 0.25) is 5.91 Å². The van der Waals surface area contributed by atoms with Gasteiger partial charge < -0.3 is 15.4 Å². The van der Waals surface area contributed by atoms with Crippen LogP contribution in [0.25, 0.3) is 20.8 Å². The summed E-state index contributed by atoms with van der Waals surface area (Å²) < 4.78 is 6.51. The molecule has 0 radical (unpaired) electrons. The second kappa shape index (κ2) is 9.40. The molecule has 0 spiro atoms. The summed E-state index contributed by atoms with van der Waals surface area (Å²) >= 11 is 1.64. The number of benzene rings is 3. The largest absolute Gasteiger partial charge is 0.484 e. The van der Waals surface area contributed by atoms with Gasteiger partial charge in [-0.05, 0) is 61.0 Å². The molecule has 1 aromatic heterocycles. The van der Waals surface area contributed by atoms with E-state index in [-0.39, 0.29) is 25.0 Å². The van der Waals surface area contributed by atoms with E-state index in [0.29, 0.717) is 11.4 Å². The third-order valence-corrected chi connectivity index (χ3v) is 5.59. The summed E-state index contributed by atoms with van der Waals surface area (Å²) in [5, 5.41) is 6.25. The lowest BCUT2D eigenvalue weighted by Crippen LogP contribution is -2.35. The van der Waals surface area contributed by atoms with Crippen molar-refractivity contribution in [2.45, 2.75) is 6.92 Å². The first-order valence-electron chi connectivity index (χ1n) is 9.79. The number of fused-ring (bicyclic) bond motifs is 1. The number of anilines is 1. The fourth-order valence-corrected chi connectivity index (χ4v) is 4.02. The van der Waals surface area contributed by atoms with Crippen molar-refractivity contribution in [3.05, 3.63) is 78.4 Å². The predicted octanol–water partition coefficient (Wildman–Crippen LogP) is 4.41. The van der Waals surface area contributed by atoms with Crippen molar-refractivity contribution >= 4 is 39.1 Å². The molecule has 0 aliphatic heterocycles. The molecule has 0 atom stereocenters. The molecular formula is C24H21N3O3S. The molecule has 0 unspecified atom stereocenters. The molecule has 0 saturated heterocycles. The maximum Gasteiger partial charge on any atom is 0.258 e. The van der Waals surface area contributed by atoms with Crippen LogP contribution in [-0.2, 0) is 9.59 Å². The van der Waals surface area contributed by atoms with E-state index in [1.807, 2.05) is 48.5 Å². The van der Waals surface area contributed by atoms with Crippen LogP contribution < -0.4 is 15.4 Å². The summed E-state index contributed by atoms with van der Waals surface area (Å²) in [5.74, 6) is -0.0675. The number of nitrogens with one attached hydrogen (secondary N) is 2. The molecule has 0 saturated carbocycles. The summed E-state index contributed by atoms with van der Waals surface area (Å²) in [5.41, 5.74) is 3.83. The molecule has 3 aromatic carbocycles. The van der Waals surface area contributed by atoms with Crippen molar-refractivity contribution in [1.82, 2.24) is 10.3 Å². The van der Waals surface area contributed by atoms with Crippen LogP contribution in [0.2, 0.25) is 0 Å². The molecule has 2 N–H and O–H groups in total. The van der Waals surface area contributed by atoms with Crippen LogP contribution in [0.1, 0.15) is 5.56 Å². The second-order valence-electron chi connectivity index (χ2n) is 6.99. The fraction of sp³-hybridized carbons (Fsp3) is 0.125. The van der Waals surface area contributed by atoms with E-state index < -0.39 is 0 Å². The van der Waals surface area contributed by atoms with Gasteiger partial charge in [-0.3, -0.25) is 9.59 Å². The highest BCUT2D eigenvalue weighted by Gasteiger charge is 2.09. The molecule has 4 aromatic rings. The Labute approximate surface area is 183 Å². The SMILES string of the molecule is Cc1ccc2nc(-c3ccc(NC(=O)CNC(=O)COc4ccccc4)cc3)sc2c1. The quantitative estimate of drug-likeness (QED) is 0.454. The minimum absolute atomic E-state index is 0.129. The maximum absolute atomic E-state index is 12.1. The van der Waals surface area contributed by atoms with Gasteiger partial charge in [-0.1, -0.05) is 24.3 Å². The molecule has 1 heterocycles. The van der Waals surface area contributed by atoms with Gasteiger partial charge in [0, 0.05) is 11.3 Å². The van der Waals surface area contributed by atoms with E-state index in [9.17, 15) is 9.59 Å². The Morgan fingerprint density at radius 1 is 0.968 bits per heavy atom. The Morgan fingerprint density at radius 2 is 1.74 bits per heavy atom. The van der Waals surface area contributed by atoms with Gasteiger partial charge in [-0.2, -0.15) is 0 Å². The number of aromatic nitrogens is 1. The van der Waals surface area contributed by atoms with Crippen molar-refractivity contribution < 1.29 is 14.3 Å². The van der Waals surface area contributed by atoms with Crippen molar-refractivity contribution in [3.8, 4) is 16.3 Å². The lowest BCUT2D eigenvalue weighted by Gasteiger charge is -2.08. The van der Waals surface area contributed by atoms with Gasteiger partial charge in [0.25, 0.3) is 5.91 Å². The van der Waals surface area contributed by atoms with Crippen molar-refractivity contribution in [2.24, 2.45) is 0 Å². The average Bonchev–Trinajstić information content (AvgIpc) is 3.20. The number of para-hydroxylation sites is 1. The van der Waals surface area contributed by atoms with Crippen LogP contribution in [0.3, 0.4) is 0 Å². The van der Waals surface area contributed by atoms with Crippen LogP contribution in [0.4, 0.5) is 5.69 Å². The smallest absolute Gasteiger partial charge is 0.258 e. The normalized spacial score (nSPS) is 10.6. The summed E-state index contributed by atoms with van der Waals surface area (Å²) in [6, 6.07) is 22.7. The highest BCUT2D eigenvalue weighted by atomic mass is 32.1. The molecular weight excluding hydrogens is 410 g/mol. The minimum Gasteiger partial charge on any atom is -0.484 e. The Kier molecular flexibility index (Phi) is 6.24. The zero-order chi connectivity index (χ0) is 21.6. The van der Waals surface area contributed by atoms with Crippen molar-refractivity contribution in [3.63, 3.8) is 0 Å². The van der Waals surface area contributed by atoms with Crippen LogP contribution in [0.15, 0.2) is 72.8 Å². The monoisotopic (exact) mass is 431 g/mol. The molecule has 156 valence electrons. The van der Waals surface area contributed by atoms with Crippen LogP contribution in [-0.4, -0.2) is 29.9 Å². The maximum atomic E-state index is 12.1. The molecule has 7 heteroatoms. The van der Waals surface area contributed by atoms with Gasteiger partial charge >= 0.3 is 0 Å². The number of nitrogens with zero attached hydrogens (tertiary/aromatic N) is 1. The van der Waals surface area contributed by atoms with Crippen LogP contribution in [0.5, 0.6) is 5.75 Å². The number of hydrogen-bond donors (Lipinski definition) is 2. The summed E-state index contributed by atoms with van der Waals surface area (Å²) in [7, 11) is 0. The molecule has 31 heavy (non-hydrogen) atoms. The topological polar surface area (TPSA) is 80.3 Å². The first-order valence-corrected chi connectivity index (χ1v) is 10.6. The third-order valence-electron chi connectivity index (χ3n) is 4.52. The average molecular weight is 432 g/mol. The van der Waals surface area contributed by atoms with Crippen molar-refractivity contribution in [2.75, 3.05) is 18.5 Å². The third kappa shape index (κ3) is 5.46. The number of rotatable bonds is 7. The van der Waals surface area contributed by atoms with Gasteiger partial charge in [0.1, 0.15) is 10.8 Å². The van der Waals surface area contributed by atoms with E-state index in [0.717, 1.165) is 20.8 Å². The Morgan fingerprint density at radius 3 is 2.52 bits per heavy atom. The van der Waals surface area contributed by atoms with E-state index in [1.165, 1.54) is 5.56 Å². The Bertz CT molecular complexity index is 1200.